The van der Waals surface area contributed by atoms with Crippen LogP contribution < -0.4 is 21.7 Å². The van der Waals surface area contributed by atoms with Gasteiger partial charge in [0.1, 0.15) is 17.8 Å². The van der Waals surface area contributed by atoms with Gasteiger partial charge in [-0.25, -0.2) is 0 Å². The normalized spacial score (nSPS) is 15.4. The number of nitrogens with zero attached hydrogens (tertiary/aromatic N) is 2. The topological polar surface area (TPSA) is 173 Å². The number of phenols is 1. The molecule has 3 atom stereocenters. The lowest BCUT2D eigenvalue weighted by Gasteiger charge is -2.36. The second-order valence-electron chi connectivity index (χ2n) is 12.5. The fourth-order valence-corrected chi connectivity index (χ4v) is 5.92. The molecule has 50 heavy (non-hydrogen) atoms. The smallest absolute Gasteiger partial charge is 0.245 e. The lowest BCUT2D eigenvalue weighted by Crippen LogP contribution is -2.57. The number of fused-ring (bicyclic) bond motifs is 1. The number of hydrogen-bond donors (Lipinski definition) is 6. The van der Waals surface area contributed by atoms with E-state index in [0.717, 1.165) is 34.1 Å². The molecule has 1 aliphatic rings. The number of amides is 4. The highest BCUT2D eigenvalue weighted by atomic mass is 16.3. The van der Waals surface area contributed by atoms with Gasteiger partial charge in [0, 0.05) is 56.2 Å². The van der Waals surface area contributed by atoms with Crippen LogP contribution in [0.2, 0.25) is 0 Å². The first kappa shape index (κ1) is 35.8. The molecule has 3 aromatic carbocycles. The maximum atomic E-state index is 13.9. The number of rotatable bonds is 14. The minimum Gasteiger partial charge on any atom is -0.508 e. The van der Waals surface area contributed by atoms with E-state index in [4.69, 9.17) is 5.73 Å². The average molecular weight is 680 g/mol. The summed E-state index contributed by atoms with van der Waals surface area (Å²) in [6.45, 7) is 4.36. The van der Waals surface area contributed by atoms with Gasteiger partial charge in [0.15, 0.2) is 0 Å². The molecule has 4 aromatic rings. The maximum Gasteiger partial charge on any atom is 0.245 e. The fraction of sp³-hybridized carbons (Fsp3) is 0.316. The monoisotopic (exact) mass is 679 g/mol. The van der Waals surface area contributed by atoms with E-state index in [2.05, 4.69) is 50.1 Å². The third-order valence-corrected chi connectivity index (χ3v) is 8.79. The molecule has 262 valence electrons. The summed E-state index contributed by atoms with van der Waals surface area (Å²) in [5.74, 6) is -1.69. The van der Waals surface area contributed by atoms with Crippen molar-refractivity contribution in [1.29, 1.82) is 0 Å². The van der Waals surface area contributed by atoms with Crippen LogP contribution in [0.25, 0.3) is 17.0 Å². The number of hydrogen-bond acceptors (Lipinski definition) is 7. The number of carbonyl (C=O) groups excluding carboxylic acids is 4. The summed E-state index contributed by atoms with van der Waals surface area (Å²) < 4.78 is 0. The molecule has 0 spiro atoms. The van der Waals surface area contributed by atoms with E-state index >= 15 is 0 Å². The molecule has 0 radical (unpaired) electrons. The Bertz CT molecular complexity index is 1780. The number of nitrogens with two attached hydrogens (primary N) is 1. The van der Waals surface area contributed by atoms with Crippen LogP contribution in [0, 0.1) is 0 Å². The minimum absolute atomic E-state index is 0.108. The van der Waals surface area contributed by atoms with E-state index in [-0.39, 0.29) is 31.0 Å². The zero-order valence-corrected chi connectivity index (χ0v) is 28.2. The third-order valence-electron chi connectivity index (χ3n) is 8.79. The summed E-state index contributed by atoms with van der Waals surface area (Å²) >= 11 is 0. The Balaban J connectivity index is 1.14. The number of benzene rings is 3. The first-order chi connectivity index (χ1) is 24.2. The van der Waals surface area contributed by atoms with Crippen molar-refractivity contribution in [2.24, 2.45) is 5.73 Å². The zero-order chi connectivity index (χ0) is 35.5. The number of carbonyl (C=O) groups is 4. The van der Waals surface area contributed by atoms with Crippen molar-refractivity contribution in [3.63, 3.8) is 0 Å². The minimum atomic E-state index is -0.955. The molecule has 12 heteroatoms. The molecule has 4 amide bonds. The van der Waals surface area contributed by atoms with Crippen LogP contribution in [-0.2, 0) is 32.0 Å². The Kier molecular flexibility index (Phi) is 12.4. The number of H-pyrrole nitrogens is 1. The van der Waals surface area contributed by atoms with E-state index in [1.54, 1.807) is 17.0 Å². The van der Waals surface area contributed by atoms with Crippen LogP contribution in [0.15, 0.2) is 91.1 Å². The van der Waals surface area contributed by atoms with Crippen molar-refractivity contribution in [3.8, 4) is 5.75 Å². The van der Waals surface area contributed by atoms with Crippen molar-refractivity contribution in [2.75, 3.05) is 39.3 Å². The Morgan fingerprint density at radius 3 is 2.32 bits per heavy atom. The van der Waals surface area contributed by atoms with Crippen LogP contribution >= 0.6 is 0 Å². The predicted molar refractivity (Wildman–Crippen MR) is 193 cm³/mol. The van der Waals surface area contributed by atoms with E-state index in [9.17, 15) is 24.3 Å². The van der Waals surface area contributed by atoms with E-state index in [1.165, 1.54) is 19.1 Å². The number of aromatic nitrogens is 1. The quantitative estimate of drug-likeness (QED) is 0.118. The Hall–Kier alpha value is -5.46. The molecule has 0 bridgehead atoms. The van der Waals surface area contributed by atoms with Crippen LogP contribution in [0.3, 0.4) is 0 Å². The fourth-order valence-electron chi connectivity index (χ4n) is 5.92. The van der Waals surface area contributed by atoms with Gasteiger partial charge in [-0.15, -0.1) is 0 Å². The first-order valence-corrected chi connectivity index (χ1v) is 16.8. The number of phenolic OH excluding ortho intramolecular Hbond substituents is 1. The van der Waals surface area contributed by atoms with E-state index in [1.807, 2.05) is 48.7 Å². The molecule has 0 aliphatic carbocycles. The lowest BCUT2D eigenvalue weighted by atomic mass is 10.0. The average Bonchev–Trinajstić information content (AvgIpc) is 3.54. The molecule has 1 fully saturated rings. The Morgan fingerprint density at radius 2 is 1.58 bits per heavy atom. The molecule has 12 nitrogen and oxygen atoms in total. The predicted octanol–water partition coefficient (Wildman–Crippen LogP) is 1.95. The summed E-state index contributed by atoms with van der Waals surface area (Å²) in [6, 6.07) is 21.5. The Labute approximate surface area is 291 Å². The van der Waals surface area contributed by atoms with E-state index < -0.39 is 35.8 Å². The molecular weight excluding hydrogens is 634 g/mol. The van der Waals surface area contributed by atoms with Crippen molar-refractivity contribution in [1.82, 2.24) is 30.7 Å². The van der Waals surface area contributed by atoms with Crippen molar-refractivity contribution in [3.05, 3.63) is 108 Å². The van der Waals surface area contributed by atoms with Gasteiger partial charge in [0.25, 0.3) is 0 Å². The van der Waals surface area contributed by atoms with Crippen LogP contribution in [0.1, 0.15) is 23.6 Å². The summed E-state index contributed by atoms with van der Waals surface area (Å²) in [5, 5.41) is 18.4. The molecule has 7 N–H and O–H groups in total. The van der Waals surface area contributed by atoms with Crippen molar-refractivity contribution >= 4 is 40.6 Å². The highest BCUT2D eigenvalue weighted by Crippen LogP contribution is 2.20. The SMILES string of the molecule is C[C@@H](NC(=O)[C@H](N)Cc1ccc(O)cc1)C(=O)NCC(=O)N[C@@H](Cc1c[nH]c2ccccc12)C(=O)N1CCN(C/C=C/c2ccccc2)CC1. The molecule has 5 rings (SSSR count). The van der Waals surface area contributed by atoms with Gasteiger partial charge >= 0.3 is 0 Å². The van der Waals surface area contributed by atoms with Gasteiger partial charge in [-0.3, -0.25) is 24.1 Å². The highest BCUT2D eigenvalue weighted by Gasteiger charge is 2.30. The van der Waals surface area contributed by atoms with Crippen LogP contribution in [0.5, 0.6) is 5.75 Å². The van der Waals surface area contributed by atoms with E-state index in [0.29, 0.717) is 26.2 Å². The first-order valence-electron chi connectivity index (χ1n) is 16.8. The standard InChI is InChI=1S/C38H45N7O5/c1-26(42-37(49)32(39)22-28-13-15-30(46)16-14-28)36(48)41-25-35(47)43-34(23-29-24-40-33-12-6-5-11-31(29)33)38(50)45-20-18-44(19-21-45)17-7-10-27-8-3-2-4-9-27/h2-16,24,26,32,34,40,46H,17-23,25,39H2,1H3,(H,41,48)(H,42,49)(H,43,47)/b10-7+/t26-,32-,34+/m1/s1. The lowest BCUT2D eigenvalue weighted by molar-refractivity contribution is -0.138. The summed E-state index contributed by atoms with van der Waals surface area (Å²) in [4.78, 5) is 59.8. The van der Waals surface area contributed by atoms with Gasteiger partial charge in [0.05, 0.1) is 12.6 Å². The molecule has 1 aromatic heterocycles. The second kappa shape index (κ2) is 17.3. The highest BCUT2D eigenvalue weighted by molar-refractivity contribution is 5.93. The second-order valence-corrected chi connectivity index (χ2v) is 12.5. The van der Waals surface area contributed by atoms with Gasteiger partial charge < -0.3 is 36.7 Å². The summed E-state index contributed by atoms with van der Waals surface area (Å²) in [7, 11) is 0. The van der Waals surface area contributed by atoms with Crippen LogP contribution in [0.4, 0.5) is 0 Å². The van der Waals surface area contributed by atoms with Gasteiger partial charge in [-0.1, -0.05) is 72.8 Å². The maximum absolute atomic E-state index is 13.9. The molecule has 0 saturated carbocycles. The van der Waals surface area contributed by atoms with Crippen molar-refractivity contribution < 1.29 is 24.3 Å². The molecule has 2 heterocycles. The number of aromatic hydroxyl groups is 1. The molecule has 1 aliphatic heterocycles. The van der Waals surface area contributed by atoms with Gasteiger partial charge in [-0.05, 0) is 48.2 Å². The van der Waals surface area contributed by atoms with Gasteiger partial charge in [0.2, 0.25) is 23.6 Å². The number of aromatic amines is 1. The molecule has 1 saturated heterocycles. The van der Waals surface area contributed by atoms with Gasteiger partial charge in [-0.2, -0.15) is 0 Å². The largest absolute Gasteiger partial charge is 0.508 e. The number of para-hydroxylation sites is 1. The number of nitrogens with one attached hydrogen (secondary N) is 4. The number of piperazine rings is 1. The molecule has 0 unspecified atom stereocenters. The van der Waals surface area contributed by atoms with Crippen molar-refractivity contribution in [2.45, 2.75) is 37.9 Å². The third kappa shape index (κ3) is 10.0. The summed E-state index contributed by atoms with van der Waals surface area (Å²) in [6.07, 6.45) is 6.56. The van der Waals surface area contributed by atoms with Crippen LogP contribution in [-0.4, -0.2) is 101 Å². The molecular formula is C38H45N7O5. The summed E-state index contributed by atoms with van der Waals surface area (Å²) in [5.41, 5.74) is 9.76. The zero-order valence-electron chi connectivity index (χ0n) is 28.2. The Morgan fingerprint density at radius 1 is 0.880 bits per heavy atom.